The van der Waals surface area contributed by atoms with Crippen LogP contribution in [0.25, 0.3) is 27.2 Å². The summed E-state index contributed by atoms with van der Waals surface area (Å²) in [5.41, 5.74) is 5.82. The van der Waals surface area contributed by atoms with Gasteiger partial charge in [0, 0.05) is 10.9 Å². The summed E-state index contributed by atoms with van der Waals surface area (Å²) in [6.07, 6.45) is 0. The fraction of sp³-hybridized carbons (Fsp3) is 0.136. The highest BCUT2D eigenvalue weighted by molar-refractivity contribution is 7.16. The van der Waals surface area contributed by atoms with Crippen LogP contribution in [0.4, 0.5) is 0 Å². The van der Waals surface area contributed by atoms with Crippen LogP contribution >= 0.6 is 11.3 Å². The normalized spacial score (nSPS) is 11.0. The monoisotopic (exact) mass is 361 g/mol. The van der Waals surface area contributed by atoms with E-state index in [0.29, 0.717) is 12.3 Å². The Morgan fingerprint density at radius 3 is 2.46 bits per heavy atom. The third-order valence-corrected chi connectivity index (χ3v) is 5.28. The first-order chi connectivity index (χ1) is 12.7. The van der Waals surface area contributed by atoms with E-state index in [2.05, 4.69) is 42.6 Å². The predicted octanol–water partition coefficient (Wildman–Crippen LogP) is 5.82. The number of hydrogen-bond acceptors (Lipinski definition) is 3. The smallest absolute Gasteiger partial charge is 0.355 e. The number of aryl methyl sites for hydroxylation is 1. The van der Waals surface area contributed by atoms with E-state index >= 15 is 0 Å². The van der Waals surface area contributed by atoms with Gasteiger partial charge in [-0.15, -0.1) is 11.3 Å². The minimum Gasteiger partial charge on any atom is -0.461 e. The summed E-state index contributed by atoms with van der Waals surface area (Å²) in [6, 6.07) is 20.4. The van der Waals surface area contributed by atoms with E-state index in [1.165, 1.54) is 5.56 Å². The van der Waals surface area contributed by atoms with Gasteiger partial charge in [0.15, 0.2) is 0 Å². The molecule has 0 aliphatic heterocycles. The van der Waals surface area contributed by atoms with Gasteiger partial charge < -0.3 is 4.74 Å². The zero-order valence-electron chi connectivity index (χ0n) is 14.7. The van der Waals surface area contributed by atoms with Crippen LogP contribution in [0.2, 0.25) is 0 Å². The number of carbonyl (C=O) groups excluding carboxylic acids is 1. The summed E-state index contributed by atoms with van der Waals surface area (Å²) in [6.45, 7) is 4.25. The van der Waals surface area contributed by atoms with Crippen molar-refractivity contribution in [2.45, 2.75) is 13.8 Å². The molecule has 130 valence electrons. The average molecular weight is 361 g/mol. The van der Waals surface area contributed by atoms with E-state index in [0.717, 1.165) is 27.2 Å². The summed E-state index contributed by atoms with van der Waals surface area (Å²) < 4.78 is 7.40. The first-order valence-electron chi connectivity index (χ1n) is 8.61. The van der Waals surface area contributed by atoms with E-state index in [-0.39, 0.29) is 5.97 Å². The molecule has 4 heteroatoms. The van der Waals surface area contributed by atoms with Crippen molar-refractivity contribution < 1.29 is 9.53 Å². The Morgan fingerprint density at radius 1 is 1.04 bits per heavy atom. The molecule has 0 amide bonds. The summed E-state index contributed by atoms with van der Waals surface area (Å²) in [5, 5.41) is 2.09. The summed E-state index contributed by atoms with van der Waals surface area (Å²) in [5.74, 6) is -0.293. The topological polar surface area (TPSA) is 30.7 Å². The van der Waals surface area contributed by atoms with E-state index in [1.54, 1.807) is 11.3 Å². The van der Waals surface area contributed by atoms with Gasteiger partial charge in [0.25, 0.3) is 0 Å². The van der Waals surface area contributed by atoms with Crippen molar-refractivity contribution in [2.75, 3.05) is 6.61 Å². The zero-order valence-corrected chi connectivity index (χ0v) is 15.5. The van der Waals surface area contributed by atoms with Gasteiger partial charge in [-0.2, -0.15) is 0 Å². The fourth-order valence-electron chi connectivity index (χ4n) is 3.14. The largest absolute Gasteiger partial charge is 0.461 e. The Labute approximate surface area is 156 Å². The summed E-state index contributed by atoms with van der Waals surface area (Å²) in [7, 11) is 0. The lowest BCUT2D eigenvalue weighted by Crippen LogP contribution is -2.09. The average Bonchev–Trinajstić information content (AvgIpc) is 3.22. The second-order valence-corrected chi connectivity index (χ2v) is 7.04. The number of hydrogen-bond donors (Lipinski definition) is 0. The Balaban J connectivity index is 1.98. The van der Waals surface area contributed by atoms with E-state index in [4.69, 9.17) is 4.74 Å². The molecule has 2 aromatic heterocycles. The molecule has 0 aliphatic carbocycles. The third kappa shape index (κ3) is 2.82. The summed E-state index contributed by atoms with van der Waals surface area (Å²) in [4.78, 5) is 13.8. The lowest BCUT2D eigenvalue weighted by atomic mass is 10.1. The molecule has 0 atom stereocenters. The molecule has 4 aromatic rings. The Bertz CT molecular complexity index is 1060. The van der Waals surface area contributed by atoms with Crippen LogP contribution in [0.1, 0.15) is 23.0 Å². The van der Waals surface area contributed by atoms with Crippen LogP contribution in [-0.2, 0) is 4.74 Å². The number of benzene rings is 2. The molecule has 0 saturated carbocycles. The number of thiazole rings is 1. The van der Waals surface area contributed by atoms with Gasteiger partial charge >= 0.3 is 5.97 Å². The molecule has 2 aromatic carbocycles. The minimum atomic E-state index is -0.293. The minimum absolute atomic E-state index is 0.293. The first-order valence-corrected chi connectivity index (χ1v) is 9.49. The molecule has 0 fully saturated rings. The highest BCUT2D eigenvalue weighted by Crippen LogP contribution is 2.36. The number of fused-ring (bicyclic) bond motifs is 1. The number of esters is 1. The maximum absolute atomic E-state index is 12.8. The highest BCUT2D eigenvalue weighted by atomic mass is 32.1. The van der Waals surface area contributed by atoms with E-state index < -0.39 is 0 Å². The third-order valence-electron chi connectivity index (χ3n) is 4.40. The number of nitrogens with zero attached hydrogens (tertiary/aromatic N) is 1. The van der Waals surface area contributed by atoms with Crippen molar-refractivity contribution in [3.05, 3.63) is 77.3 Å². The highest BCUT2D eigenvalue weighted by Gasteiger charge is 2.23. The lowest BCUT2D eigenvalue weighted by molar-refractivity contribution is 0.0519. The van der Waals surface area contributed by atoms with Crippen molar-refractivity contribution in [3.63, 3.8) is 0 Å². The van der Waals surface area contributed by atoms with Gasteiger partial charge in [-0.25, -0.2) is 4.79 Å². The van der Waals surface area contributed by atoms with Crippen molar-refractivity contribution >= 4 is 22.1 Å². The zero-order chi connectivity index (χ0) is 18.1. The Hall–Kier alpha value is -2.85. The van der Waals surface area contributed by atoms with E-state index in [9.17, 15) is 4.79 Å². The van der Waals surface area contributed by atoms with Crippen LogP contribution in [0, 0.1) is 6.92 Å². The molecule has 0 bridgehead atoms. The van der Waals surface area contributed by atoms with Crippen LogP contribution in [0.5, 0.6) is 0 Å². The Morgan fingerprint density at radius 2 is 1.77 bits per heavy atom. The molecular formula is C22H19NO2S. The Kier molecular flexibility index (Phi) is 4.35. The lowest BCUT2D eigenvalue weighted by Gasteiger charge is -2.08. The van der Waals surface area contributed by atoms with Gasteiger partial charge in [-0.1, -0.05) is 60.2 Å². The van der Waals surface area contributed by atoms with Crippen LogP contribution < -0.4 is 0 Å². The van der Waals surface area contributed by atoms with E-state index in [1.807, 2.05) is 41.7 Å². The molecule has 0 spiro atoms. The number of aromatic nitrogens is 1. The van der Waals surface area contributed by atoms with Crippen LogP contribution in [-0.4, -0.2) is 17.0 Å². The number of carbonyl (C=O) groups is 1. The SMILES string of the molecule is CCOC(=O)c1c(-c2ccccc2)cc2scc(-c3ccc(C)cc3)n12. The van der Waals surface area contributed by atoms with Crippen LogP contribution in [0.3, 0.4) is 0 Å². The van der Waals surface area contributed by atoms with Crippen molar-refractivity contribution in [2.24, 2.45) is 0 Å². The molecule has 0 N–H and O–H groups in total. The molecule has 26 heavy (non-hydrogen) atoms. The summed E-state index contributed by atoms with van der Waals surface area (Å²) >= 11 is 1.63. The molecular weight excluding hydrogens is 342 g/mol. The predicted molar refractivity (Wildman–Crippen MR) is 107 cm³/mol. The fourth-order valence-corrected chi connectivity index (χ4v) is 4.10. The van der Waals surface area contributed by atoms with Gasteiger partial charge in [-0.3, -0.25) is 4.40 Å². The quantitative estimate of drug-likeness (QED) is 0.429. The number of rotatable bonds is 4. The second-order valence-electron chi connectivity index (χ2n) is 6.15. The molecule has 0 radical (unpaired) electrons. The standard InChI is InChI=1S/C22H19NO2S/c1-3-25-22(24)21-18(16-7-5-4-6-8-16)13-20-23(21)19(14-26-20)17-11-9-15(2)10-12-17/h4-14H,3H2,1-2H3. The molecule has 0 saturated heterocycles. The van der Waals surface area contributed by atoms with Crippen molar-refractivity contribution in [3.8, 4) is 22.4 Å². The molecule has 2 heterocycles. The van der Waals surface area contributed by atoms with Crippen molar-refractivity contribution in [1.82, 2.24) is 4.40 Å². The first kappa shape index (κ1) is 16.6. The van der Waals surface area contributed by atoms with Gasteiger partial charge in [0.1, 0.15) is 10.5 Å². The second kappa shape index (κ2) is 6.81. The molecule has 0 unspecified atom stereocenters. The van der Waals surface area contributed by atoms with Gasteiger partial charge in [0.2, 0.25) is 0 Å². The molecule has 0 aliphatic rings. The molecule has 4 rings (SSSR count). The maximum atomic E-state index is 12.8. The van der Waals surface area contributed by atoms with Gasteiger partial charge in [0.05, 0.1) is 12.3 Å². The van der Waals surface area contributed by atoms with Crippen molar-refractivity contribution in [1.29, 1.82) is 0 Å². The van der Waals surface area contributed by atoms with Crippen LogP contribution in [0.15, 0.2) is 66.0 Å². The van der Waals surface area contributed by atoms with Gasteiger partial charge in [-0.05, 0) is 31.0 Å². The number of ether oxygens (including phenoxy) is 1. The molecule has 3 nitrogen and oxygen atoms in total. The maximum Gasteiger partial charge on any atom is 0.355 e.